The van der Waals surface area contributed by atoms with Crippen molar-refractivity contribution in [3.05, 3.63) is 29.8 Å². The second-order valence-corrected chi connectivity index (χ2v) is 11.4. The molecule has 1 saturated carbocycles. The average molecular weight is 535 g/mol. The molecule has 2 aliphatic rings. The van der Waals surface area contributed by atoms with Gasteiger partial charge in [-0.2, -0.15) is 5.26 Å². The first-order chi connectivity index (χ1) is 17.9. The number of halogens is 2. The molecule has 38 heavy (non-hydrogen) atoms. The summed E-state index contributed by atoms with van der Waals surface area (Å²) in [6.07, 6.45) is 1.49. The monoisotopic (exact) mass is 534 g/mol. The minimum absolute atomic E-state index is 0.0586. The van der Waals surface area contributed by atoms with Crippen molar-refractivity contribution < 1.29 is 28.2 Å². The summed E-state index contributed by atoms with van der Waals surface area (Å²) in [6, 6.07) is 9.55. The Hall–Kier alpha value is -2.93. The molecule has 1 amide bonds. The van der Waals surface area contributed by atoms with E-state index in [9.17, 15) is 14.9 Å². The number of aliphatic carboxylic acids is 1. The summed E-state index contributed by atoms with van der Waals surface area (Å²) >= 11 is 0. The zero-order chi connectivity index (χ0) is 27.9. The van der Waals surface area contributed by atoms with Gasteiger partial charge in [-0.3, -0.25) is 9.69 Å². The Morgan fingerprint density at radius 3 is 2.24 bits per heavy atom. The quantitative estimate of drug-likeness (QED) is 0.459. The minimum atomic E-state index is -2.79. The van der Waals surface area contributed by atoms with Crippen LogP contribution < -0.4 is 10.2 Å². The Balaban J connectivity index is 1.44. The van der Waals surface area contributed by atoms with Crippen molar-refractivity contribution in [3.63, 3.8) is 0 Å². The van der Waals surface area contributed by atoms with E-state index in [0.29, 0.717) is 51.9 Å². The maximum absolute atomic E-state index is 15.2. The van der Waals surface area contributed by atoms with Crippen molar-refractivity contribution in [2.24, 2.45) is 5.92 Å². The Morgan fingerprint density at radius 1 is 1.11 bits per heavy atom. The van der Waals surface area contributed by atoms with Crippen LogP contribution >= 0.6 is 0 Å². The summed E-state index contributed by atoms with van der Waals surface area (Å²) in [5.74, 6) is -4.88. The molecular formula is C28H40F2N4O4. The molecular weight excluding hydrogens is 494 g/mol. The Labute approximate surface area is 223 Å². The molecule has 1 saturated heterocycles. The van der Waals surface area contributed by atoms with Gasteiger partial charge in [-0.05, 0) is 70.6 Å². The third kappa shape index (κ3) is 8.83. The van der Waals surface area contributed by atoms with E-state index in [1.807, 2.05) is 29.2 Å². The highest BCUT2D eigenvalue weighted by atomic mass is 19.3. The summed E-state index contributed by atoms with van der Waals surface area (Å²) in [4.78, 5) is 26.8. The van der Waals surface area contributed by atoms with E-state index >= 15 is 8.78 Å². The Morgan fingerprint density at radius 2 is 1.71 bits per heavy atom. The maximum atomic E-state index is 15.2. The normalized spacial score (nSPS) is 21.8. The molecule has 0 aromatic heterocycles. The molecule has 8 nitrogen and oxygen atoms in total. The van der Waals surface area contributed by atoms with Gasteiger partial charge >= 0.3 is 12.1 Å². The molecule has 1 heterocycles. The SMILES string of the molecule is CC(C)(C)OC(=O)NC1CCC(C(F)(F)CN2CCN(c3ccc(C(C#N)CCC(=O)O)cc3)CC2)CC1. The molecule has 1 aliphatic heterocycles. The number of nitriles is 1. The molecule has 0 bridgehead atoms. The molecule has 1 aromatic rings. The fraction of sp³-hybridized carbons (Fsp3) is 0.679. The van der Waals surface area contributed by atoms with Gasteiger partial charge in [-0.15, -0.1) is 0 Å². The van der Waals surface area contributed by atoms with Crippen LogP contribution in [-0.2, 0) is 9.53 Å². The van der Waals surface area contributed by atoms with Crippen molar-refractivity contribution in [2.45, 2.75) is 82.8 Å². The molecule has 1 aliphatic carbocycles. The second-order valence-electron chi connectivity index (χ2n) is 11.4. The van der Waals surface area contributed by atoms with Crippen molar-refractivity contribution in [2.75, 3.05) is 37.6 Å². The number of anilines is 1. The fourth-order valence-corrected chi connectivity index (χ4v) is 5.22. The number of rotatable bonds is 9. The molecule has 1 atom stereocenters. The highest BCUT2D eigenvalue weighted by Gasteiger charge is 2.43. The van der Waals surface area contributed by atoms with Crippen LogP contribution in [0.25, 0.3) is 0 Å². The lowest BCUT2D eigenvalue weighted by molar-refractivity contribution is -0.137. The van der Waals surface area contributed by atoms with Gasteiger partial charge in [-0.25, -0.2) is 13.6 Å². The lowest BCUT2D eigenvalue weighted by atomic mass is 9.82. The Bertz CT molecular complexity index is 974. The van der Waals surface area contributed by atoms with Gasteiger partial charge in [0.2, 0.25) is 0 Å². The standard InChI is InChI=1S/C28H40F2N4O4/c1-27(2,3)38-26(37)32-23-9-7-22(8-10-23)28(29,30)19-33-14-16-34(17-15-33)24-11-4-20(5-12-24)21(18-31)6-13-25(35)36/h4-5,11-12,21-23H,6-10,13-17,19H2,1-3H3,(H,32,37)(H,35,36). The summed E-state index contributed by atoms with van der Waals surface area (Å²) in [5.41, 5.74) is 1.16. The highest BCUT2D eigenvalue weighted by Crippen LogP contribution is 2.37. The van der Waals surface area contributed by atoms with Gasteiger partial charge in [-0.1, -0.05) is 12.1 Å². The minimum Gasteiger partial charge on any atom is -0.481 e. The number of carbonyl (C=O) groups is 2. The summed E-state index contributed by atoms with van der Waals surface area (Å²) < 4.78 is 35.6. The van der Waals surface area contributed by atoms with E-state index in [0.717, 1.165) is 11.3 Å². The second kappa shape index (κ2) is 12.7. The van der Waals surface area contributed by atoms with Crippen molar-refractivity contribution in [1.82, 2.24) is 10.2 Å². The van der Waals surface area contributed by atoms with Gasteiger partial charge in [0.1, 0.15) is 5.60 Å². The first-order valence-corrected chi connectivity index (χ1v) is 13.4. The largest absolute Gasteiger partial charge is 0.481 e. The van der Waals surface area contributed by atoms with Gasteiger partial charge in [0, 0.05) is 50.2 Å². The van der Waals surface area contributed by atoms with Crippen LogP contribution in [0.15, 0.2) is 24.3 Å². The summed E-state index contributed by atoms with van der Waals surface area (Å²) in [5, 5.41) is 21.1. The van der Waals surface area contributed by atoms with E-state index < -0.39 is 35.4 Å². The third-order valence-electron chi connectivity index (χ3n) is 7.32. The molecule has 3 rings (SSSR count). The predicted molar refractivity (Wildman–Crippen MR) is 140 cm³/mol. The topological polar surface area (TPSA) is 106 Å². The number of carboxylic acid groups (broad SMARTS) is 1. The number of alkyl halides is 2. The molecule has 10 heteroatoms. The Kier molecular flexibility index (Phi) is 9.94. The zero-order valence-corrected chi connectivity index (χ0v) is 22.6. The number of ether oxygens (including phenoxy) is 1. The summed E-state index contributed by atoms with van der Waals surface area (Å²) in [7, 11) is 0. The molecule has 2 fully saturated rings. The molecule has 2 N–H and O–H groups in total. The molecule has 210 valence electrons. The lowest BCUT2D eigenvalue weighted by Gasteiger charge is -2.40. The number of hydrogen-bond acceptors (Lipinski definition) is 6. The highest BCUT2D eigenvalue weighted by molar-refractivity contribution is 5.68. The molecule has 1 aromatic carbocycles. The average Bonchev–Trinajstić information content (AvgIpc) is 2.84. The first kappa shape index (κ1) is 29.6. The van der Waals surface area contributed by atoms with Crippen LogP contribution in [-0.4, -0.2) is 72.4 Å². The molecule has 0 radical (unpaired) electrons. The van der Waals surface area contributed by atoms with Crippen LogP contribution in [0.5, 0.6) is 0 Å². The van der Waals surface area contributed by atoms with Crippen LogP contribution in [0.1, 0.15) is 70.8 Å². The van der Waals surface area contributed by atoms with Crippen LogP contribution in [0.4, 0.5) is 19.3 Å². The number of carbonyl (C=O) groups excluding carboxylic acids is 1. The number of nitrogens with one attached hydrogen (secondary N) is 1. The van der Waals surface area contributed by atoms with Crippen molar-refractivity contribution in [3.8, 4) is 6.07 Å². The number of nitrogens with zero attached hydrogens (tertiary/aromatic N) is 3. The number of benzene rings is 1. The van der Waals surface area contributed by atoms with E-state index in [2.05, 4.69) is 16.3 Å². The van der Waals surface area contributed by atoms with Crippen LogP contribution in [0, 0.1) is 17.2 Å². The number of amides is 1. The van der Waals surface area contributed by atoms with E-state index in [1.165, 1.54) is 0 Å². The van der Waals surface area contributed by atoms with Gasteiger partial charge in [0.15, 0.2) is 0 Å². The lowest BCUT2D eigenvalue weighted by Crippen LogP contribution is -2.52. The van der Waals surface area contributed by atoms with E-state index in [1.54, 1.807) is 20.8 Å². The number of piperazine rings is 1. The smallest absolute Gasteiger partial charge is 0.407 e. The zero-order valence-electron chi connectivity index (χ0n) is 22.6. The predicted octanol–water partition coefficient (Wildman–Crippen LogP) is 5.00. The third-order valence-corrected chi connectivity index (χ3v) is 7.32. The van der Waals surface area contributed by atoms with Gasteiger partial charge in [0.05, 0.1) is 18.5 Å². The van der Waals surface area contributed by atoms with Crippen LogP contribution in [0.2, 0.25) is 0 Å². The van der Waals surface area contributed by atoms with E-state index in [-0.39, 0.29) is 25.4 Å². The molecule has 0 spiro atoms. The fourth-order valence-electron chi connectivity index (χ4n) is 5.22. The number of alkyl carbamates (subject to hydrolysis) is 1. The van der Waals surface area contributed by atoms with Gasteiger partial charge in [0.25, 0.3) is 5.92 Å². The first-order valence-electron chi connectivity index (χ1n) is 13.4. The maximum Gasteiger partial charge on any atom is 0.407 e. The van der Waals surface area contributed by atoms with Crippen molar-refractivity contribution >= 4 is 17.7 Å². The van der Waals surface area contributed by atoms with Gasteiger partial charge < -0.3 is 20.1 Å². The molecule has 1 unspecified atom stereocenters. The number of hydrogen-bond donors (Lipinski definition) is 2. The van der Waals surface area contributed by atoms with E-state index in [4.69, 9.17) is 9.84 Å². The number of carboxylic acids is 1. The van der Waals surface area contributed by atoms with Crippen LogP contribution in [0.3, 0.4) is 0 Å². The summed E-state index contributed by atoms with van der Waals surface area (Å²) in [6.45, 7) is 7.43. The van der Waals surface area contributed by atoms with Crippen molar-refractivity contribution in [1.29, 1.82) is 5.26 Å².